The average molecular weight is 445 g/mol. The lowest BCUT2D eigenvalue weighted by molar-refractivity contribution is -0.117. The Balaban J connectivity index is 1.63. The number of halogens is 1. The van der Waals surface area contributed by atoms with Crippen LogP contribution in [0, 0.1) is 3.70 Å². The molecule has 0 saturated heterocycles. The van der Waals surface area contributed by atoms with E-state index < -0.39 is 0 Å². The lowest BCUT2D eigenvalue weighted by Gasteiger charge is -2.22. The Morgan fingerprint density at radius 3 is 2.84 bits per heavy atom. The summed E-state index contributed by atoms with van der Waals surface area (Å²) in [5, 5.41) is 11.6. The molecular weight excluding hydrogens is 429 g/mol. The zero-order chi connectivity index (χ0) is 17.2. The van der Waals surface area contributed by atoms with Crippen LogP contribution in [0.25, 0.3) is 10.9 Å². The quantitative estimate of drug-likeness (QED) is 0.601. The van der Waals surface area contributed by atoms with Gasteiger partial charge < -0.3 is 10.1 Å². The van der Waals surface area contributed by atoms with Crippen molar-refractivity contribution in [3.63, 3.8) is 0 Å². The molecule has 2 aliphatic rings. The van der Waals surface area contributed by atoms with Gasteiger partial charge in [0, 0.05) is 16.5 Å². The minimum Gasteiger partial charge on any atom is -0.497 e. The lowest BCUT2D eigenvalue weighted by atomic mass is 9.79. The summed E-state index contributed by atoms with van der Waals surface area (Å²) < 4.78 is 6.41. The number of H-pyrrole nitrogens is 1. The summed E-state index contributed by atoms with van der Waals surface area (Å²) >= 11 is 2.25. The predicted molar refractivity (Wildman–Crippen MR) is 104 cm³/mol. The molecule has 2 heterocycles. The van der Waals surface area contributed by atoms with Gasteiger partial charge in [0.05, 0.1) is 18.5 Å². The number of methoxy groups -OCH3 is 1. The van der Waals surface area contributed by atoms with Crippen molar-refractivity contribution in [2.45, 2.75) is 24.2 Å². The summed E-state index contributed by atoms with van der Waals surface area (Å²) in [5.41, 5.74) is 3.95. The van der Waals surface area contributed by atoms with Crippen molar-refractivity contribution in [1.82, 2.24) is 10.2 Å². The third-order valence-electron chi connectivity index (χ3n) is 5.51. The summed E-state index contributed by atoms with van der Waals surface area (Å²) in [5.74, 6) is 0.693. The molecule has 1 aliphatic carbocycles. The van der Waals surface area contributed by atoms with E-state index in [4.69, 9.17) is 4.74 Å². The fourth-order valence-corrected chi connectivity index (χ4v) is 4.66. The van der Waals surface area contributed by atoms with E-state index in [1.54, 1.807) is 7.11 Å². The minimum absolute atomic E-state index is 0.0810. The fraction of sp³-hybridized carbons (Fsp3) is 0.263. The van der Waals surface area contributed by atoms with Crippen molar-refractivity contribution in [1.29, 1.82) is 0 Å². The number of carbonyl (C=O) groups is 1. The van der Waals surface area contributed by atoms with Gasteiger partial charge in [-0.05, 0) is 76.9 Å². The van der Waals surface area contributed by atoms with Crippen LogP contribution in [-0.2, 0) is 10.2 Å². The van der Waals surface area contributed by atoms with E-state index in [1.807, 2.05) is 18.2 Å². The van der Waals surface area contributed by atoms with Crippen molar-refractivity contribution >= 4 is 45.1 Å². The minimum atomic E-state index is -0.173. The third kappa shape index (κ3) is 2.13. The van der Waals surface area contributed by atoms with E-state index in [0.29, 0.717) is 0 Å². The Labute approximate surface area is 158 Å². The highest BCUT2D eigenvalue weighted by molar-refractivity contribution is 14.1. The van der Waals surface area contributed by atoms with Gasteiger partial charge in [-0.1, -0.05) is 6.07 Å². The van der Waals surface area contributed by atoms with Gasteiger partial charge in [-0.15, -0.1) is 0 Å². The molecule has 1 aliphatic heterocycles. The Morgan fingerprint density at radius 2 is 2.08 bits per heavy atom. The maximum Gasteiger partial charge on any atom is 0.232 e. The number of hydrogen-bond acceptors (Lipinski definition) is 3. The number of anilines is 1. The van der Waals surface area contributed by atoms with Gasteiger partial charge in [-0.3, -0.25) is 9.89 Å². The summed E-state index contributed by atoms with van der Waals surface area (Å²) in [6.07, 6.45) is 2.02. The van der Waals surface area contributed by atoms with Gasteiger partial charge in [-0.25, -0.2) is 0 Å². The first-order chi connectivity index (χ1) is 12.1. The molecule has 6 heteroatoms. The number of fused-ring (bicyclic) bond motifs is 2. The molecule has 3 aromatic rings. The zero-order valence-electron chi connectivity index (χ0n) is 13.6. The topological polar surface area (TPSA) is 67.0 Å². The SMILES string of the molecule is COc1ccc2c(c1)[C@@H](C1(c3ccc4c(I)[nH]nc4c3)CC1)C(=O)N2. The molecule has 2 aromatic carbocycles. The predicted octanol–water partition coefficient (Wildman–Crippen LogP) is 3.94. The fourth-order valence-electron chi connectivity index (χ4n) is 4.08. The summed E-state index contributed by atoms with van der Waals surface area (Å²) in [4.78, 5) is 12.8. The number of aromatic amines is 1. The molecule has 0 bridgehead atoms. The van der Waals surface area contributed by atoms with Crippen molar-refractivity contribution in [3.8, 4) is 5.75 Å². The maximum atomic E-state index is 12.8. The Hall–Kier alpha value is -2.09. The smallest absolute Gasteiger partial charge is 0.232 e. The zero-order valence-corrected chi connectivity index (χ0v) is 15.8. The van der Waals surface area contributed by atoms with E-state index >= 15 is 0 Å². The molecule has 1 saturated carbocycles. The molecule has 0 spiro atoms. The monoisotopic (exact) mass is 445 g/mol. The van der Waals surface area contributed by atoms with Crippen LogP contribution in [-0.4, -0.2) is 23.2 Å². The number of carbonyl (C=O) groups excluding carboxylic acids is 1. The number of nitrogens with one attached hydrogen (secondary N) is 2. The Bertz CT molecular complexity index is 1020. The molecule has 1 aromatic heterocycles. The van der Waals surface area contributed by atoms with Crippen LogP contribution in [0.1, 0.15) is 29.9 Å². The first kappa shape index (κ1) is 15.2. The molecule has 0 unspecified atom stereocenters. The number of benzene rings is 2. The number of amides is 1. The standard InChI is InChI=1S/C19H16IN3O2/c1-25-11-3-5-14-13(9-11)16(18(24)21-14)19(6-7-19)10-2-4-12-15(8-10)22-23-17(12)20/h2-5,8-9,16H,6-7H2,1H3,(H,21,24)(H,22,23)/t16-/m1/s1. The van der Waals surface area contributed by atoms with Crippen LogP contribution < -0.4 is 10.1 Å². The largest absolute Gasteiger partial charge is 0.497 e. The molecule has 1 amide bonds. The molecule has 126 valence electrons. The van der Waals surface area contributed by atoms with Crippen LogP contribution in [0.2, 0.25) is 0 Å². The van der Waals surface area contributed by atoms with Gasteiger partial charge in [-0.2, -0.15) is 5.10 Å². The second kappa shape index (κ2) is 5.20. The second-order valence-electron chi connectivity index (χ2n) is 6.80. The van der Waals surface area contributed by atoms with Crippen LogP contribution in [0.15, 0.2) is 36.4 Å². The first-order valence-corrected chi connectivity index (χ1v) is 9.33. The Morgan fingerprint density at radius 1 is 1.24 bits per heavy atom. The van der Waals surface area contributed by atoms with Gasteiger partial charge in [0.15, 0.2) is 0 Å². The molecule has 25 heavy (non-hydrogen) atoms. The van der Waals surface area contributed by atoms with Crippen LogP contribution >= 0.6 is 22.6 Å². The van der Waals surface area contributed by atoms with Crippen molar-refractivity contribution < 1.29 is 9.53 Å². The molecule has 1 fully saturated rings. The molecule has 2 N–H and O–H groups in total. The number of rotatable bonds is 3. The third-order valence-corrected chi connectivity index (χ3v) is 6.34. The molecule has 1 atom stereocenters. The number of hydrogen-bond donors (Lipinski definition) is 2. The molecule has 5 rings (SSSR count). The van der Waals surface area contributed by atoms with Crippen LogP contribution in [0.4, 0.5) is 5.69 Å². The van der Waals surface area contributed by atoms with Gasteiger partial charge in [0.25, 0.3) is 0 Å². The molecule has 5 nitrogen and oxygen atoms in total. The van der Waals surface area contributed by atoms with Crippen molar-refractivity contribution in [2.75, 3.05) is 12.4 Å². The van der Waals surface area contributed by atoms with E-state index in [-0.39, 0.29) is 17.2 Å². The van der Waals surface area contributed by atoms with Crippen LogP contribution in [0.3, 0.4) is 0 Å². The number of aromatic nitrogens is 2. The number of nitrogens with zero attached hydrogens (tertiary/aromatic N) is 1. The maximum absolute atomic E-state index is 12.8. The lowest BCUT2D eigenvalue weighted by Crippen LogP contribution is -2.25. The second-order valence-corrected chi connectivity index (χ2v) is 7.88. The van der Waals surface area contributed by atoms with Gasteiger partial charge in [0.1, 0.15) is 9.45 Å². The van der Waals surface area contributed by atoms with Gasteiger partial charge in [0.2, 0.25) is 5.91 Å². The highest BCUT2D eigenvalue weighted by Gasteiger charge is 2.56. The molecule has 0 radical (unpaired) electrons. The van der Waals surface area contributed by atoms with Crippen molar-refractivity contribution in [3.05, 3.63) is 51.2 Å². The normalized spacial score (nSPS) is 20.4. The summed E-state index contributed by atoms with van der Waals surface area (Å²) in [6, 6.07) is 12.2. The number of ether oxygens (including phenoxy) is 1. The molecular formula is C19H16IN3O2. The van der Waals surface area contributed by atoms with Crippen LogP contribution in [0.5, 0.6) is 5.75 Å². The van der Waals surface area contributed by atoms with E-state index in [2.05, 4.69) is 56.3 Å². The van der Waals surface area contributed by atoms with Crippen molar-refractivity contribution in [2.24, 2.45) is 0 Å². The first-order valence-electron chi connectivity index (χ1n) is 8.25. The highest BCUT2D eigenvalue weighted by Crippen LogP contribution is 2.60. The van der Waals surface area contributed by atoms with Gasteiger partial charge >= 0.3 is 0 Å². The van der Waals surface area contributed by atoms with E-state index in [9.17, 15) is 4.79 Å². The average Bonchev–Trinajstić information content (AvgIpc) is 3.23. The van der Waals surface area contributed by atoms with E-state index in [0.717, 1.165) is 44.4 Å². The Kier molecular flexibility index (Phi) is 3.16. The summed E-state index contributed by atoms with van der Waals surface area (Å²) in [6.45, 7) is 0. The van der Waals surface area contributed by atoms with E-state index in [1.165, 1.54) is 5.56 Å². The highest BCUT2D eigenvalue weighted by atomic mass is 127. The summed E-state index contributed by atoms with van der Waals surface area (Å²) in [7, 11) is 1.65.